The standard InChI is InChI=1S/C12H10F3NO3/c1-11(2)4-3-7-5-9(16(17)18)8(12(13,14)15)6-10(7)19-11/h3-6H,1-2H3. The monoisotopic (exact) mass is 273 g/mol. The van der Waals surface area contributed by atoms with E-state index < -0.39 is 28.0 Å². The Morgan fingerprint density at radius 1 is 1.32 bits per heavy atom. The molecule has 0 saturated heterocycles. The number of nitrogens with zero attached hydrogens (tertiary/aromatic N) is 1. The van der Waals surface area contributed by atoms with Gasteiger partial charge < -0.3 is 4.74 Å². The van der Waals surface area contributed by atoms with Crippen LogP contribution in [0.1, 0.15) is 25.0 Å². The van der Waals surface area contributed by atoms with Crippen molar-refractivity contribution < 1.29 is 22.8 Å². The lowest BCUT2D eigenvalue weighted by Gasteiger charge is -2.28. The number of nitro benzene ring substituents is 1. The minimum atomic E-state index is -4.80. The maximum Gasteiger partial charge on any atom is 0.423 e. The zero-order valence-corrected chi connectivity index (χ0v) is 10.1. The van der Waals surface area contributed by atoms with E-state index in [1.54, 1.807) is 19.9 Å². The fourth-order valence-corrected chi connectivity index (χ4v) is 1.79. The zero-order chi connectivity index (χ0) is 14.4. The first-order valence-corrected chi connectivity index (χ1v) is 5.38. The van der Waals surface area contributed by atoms with E-state index in [9.17, 15) is 23.3 Å². The molecule has 4 nitrogen and oxygen atoms in total. The molecule has 0 unspecified atom stereocenters. The second kappa shape index (κ2) is 3.97. The predicted molar refractivity (Wildman–Crippen MR) is 61.8 cm³/mol. The van der Waals surface area contributed by atoms with Crippen LogP contribution in [0.15, 0.2) is 18.2 Å². The van der Waals surface area contributed by atoms with Gasteiger partial charge in [0.1, 0.15) is 16.9 Å². The Labute approximate surface area is 106 Å². The van der Waals surface area contributed by atoms with E-state index in [0.717, 1.165) is 6.07 Å². The van der Waals surface area contributed by atoms with E-state index in [-0.39, 0.29) is 11.3 Å². The largest absolute Gasteiger partial charge is 0.483 e. The van der Waals surface area contributed by atoms with E-state index in [1.165, 1.54) is 6.08 Å². The molecule has 0 radical (unpaired) electrons. The van der Waals surface area contributed by atoms with Crippen LogP contribution in [0.3, 0.4) is 0 Å². The lowest BCUT2D eigenvalue weighted by molar-refractivity contribution is -0.388. The summed E-state index contributed by atoms with van der Waals surface area (Å²) < 4.78 is 43.8. The molecule has 1 heterocycles. The Morgan fingerprint density at radius 3 is 2.47 bits per heavy atom. The van der Waals surface area contributed by atoms with Crippen LogP contribution in [0.4, 0.5) is 18.9 Å². The zero-order valence-electron chi connectivity index (χ0n) is 10.1. The van der Waals surface area contributed by atoms with Gasteiger partial charge in [-0.2, -0.15) is 13.2 Å². The van der Waals surface area contributed by atoms with Crippen molar-refractivity contribution in [1.82, 2.24) is 0 Å². The molecule has 1 aliphatic rings. The molecular formula is C12H10F3NO3. The molecule has 1 aliphatic heterocycles. The number of alkyl halides is 3. The van der Waals surface area contributed by atoms with Gasteiger partial charge in [0.05, 0.1) is 4.92 Å². The third-order valence-electron chi connectivity index (χ3n) is 2.67. The molecule has 102 valence electrons. The van der Waals surface area contributed by atoms with Gasteiger partial charge in [0.15, 0.2) is 0 Å². The van der Waals surface area contributed by atoms with Crippen molar-refractivity contribution >= 4 is 11.8 Å². The number of nitro groups is 1. The van der Waals surface area contributed by atoms with Crippen LogP contribution >= 0.6 is 0 Å². The van der Waals surface area contributed by atoms with Gasteiger partial charge in [-0.25, -0.2) is 0 Å². The van der Waals surface area contributed by atoms with Crippen molar-refractivity contribution in [2.24, 2.45) is 0 Å². The summed E-state index contributed by atoms with van der Waals surface area (Å²) in [5.41, 5.74) is -2.76. The topological polar surface area (TPSA) is 52.4 Å². The summed E-state index contributed by atoms with van der Waals surface area (Å²) >= 11 is 0. The summed E-state index contributed by atoms with van der Waals surface area (Å²) in [6.07, 6.45) is -1.65. The number of rotatable bonds is 1. The molecule has 1 aromatic carbocycles. The van der Waals surface area contributed by atoms with Crippen LogP contribution in [0.2, 0.25) is 0 Å². The molecule has 19 heavy (non-hydrogen) atoms. The average molecular weight is 273 g/mol. The van der Waals surface area contributed by atoms with Gasteiger partial charge in [-0.05, 0) is 26.0 Å². The molecular weight excluding hydrogens is 263 g/mol. The Balaban J connectivity index is 2.64. The van der Waals surface area contributed by atoms with Gasteiger partial charge in [-0.3, -0.25) is 10.1 Å². The molecule has 0 atom stereocenters. The van der Waals surface area contributed by atoms with Crippen LogP contribution in [-0.2, 0) is 6.18 Å². The Hall–Kier alpha value is -2.05. The van der Waals surface area contributed by atoms with Crippen molar-refractivity contribution in [2.75, 3.05) is 0 Å². The minimum Gasteiger partial charge on any atom is -0.483 e. The van der Waals surface area contributed by atoms with Gasteiger partial charge in [0.25, 0.3) is 5.69 Å². The Kier molecular flexibility index (Phi) is 2.80. The summed E-state index contributed by atoms with van der Waals surface area (Å²) in [7, 11) is 0. The normalized spacial score (nSPS) is 16.7. The minimum absolute atomic E-state index is 0.00887. The van der Waals surface area contributed by atoms with Gasteiger partial charge in [-0.1, -0.05) is 6.08 Å². The number of ether oxygens (including phenoxy) is 1. The van der Waals surface area contributed by atoms with Gasteiger partial charge in [-0.15, -0.1) is 0 Å². The highest BCUT2D eigenvalue weighted by Crippen LogP contribution is 2.42. The molecule has 1 aromatic rings. The summed E-state index contributed by atoms with van der Waals surface area (Å²) in [6.45, 7) is 3.36. The van der Waals surface area contributed by atoms with Gasteiger partial charge in [0, 0.05) is 11.6 Å². The number of hydrogen-bond donors (Lipinski definition) is 0. The van der Waals surface area contributed by atoms with E-state index >= 15 is 0 Å². The Morgan fingerprint density at radius 2 is 1.95 bits per heavy atom. The number of halogens is 3. The second-order valence-electron chi connectivity index (χ2n) is 4.70. The van der Waals surface area contributed by atoms with Gasteiger partial charge in [0.2, 0.25) is 0 Å². The lowest BCUT2D eigenvalue weighted by Crippen LogP contribution is -2.27. The summed E-state index contributed by atoms with van der Waals surface area (Å²) in [5, 5.41) is 10.7. The van der Waals surface area contributed by atoms with Crippen molar-refractivity contribution in [3.8, 4) is 5.75 Å². The predicted octanol–water partition coefficient (Wildman–Crippen LogP) is 3.80. The maximum absolute atomic E-state index is 12.8. The van der Waals surface area contributed by atoms with Crippen molar-refractivity contribution in [3.63, 3.8) is 0 Å². The molecule has 0 N–H and O–H groups in total. The molecule has 2 rings (SSSR count). The van der Waals surface area contributed by atoms with E-state index in [1.807, 2.05) is 0 Å². The molecule has 0 aromatic heterocycles. The van der Waals surface area contributed by atoms with Crippen LogP contribution in [0, 0.1) is 10.1 Å². The Bertz CT molecular complexity index is 576. The quantitative estimate of drug-likeness (QED) is 0.577. The maximum atomic E-state index is 12.8. The summed E-state index contributed by atoms with van der Waals surface area (Å²) in [6, 6.07) is 1.56. The van der Waals surface area contributed by atoms with Crippen molar-refractivity contribution in [2.45, 2.75) is 25.6 Å². The molecule has 0 spiro atoms. The fraction of sp³-hybridized carbons (Fsp3) is 0.333. The number of hydrogen-bond acceptors (Lipinski definition) is 3. The highest BCUT2D eigenvalue weighted by atomic mass is 19.4. The lowest BCUT2D eigenvalue weighted by atomic mass is 10.00. The second-order valence-corrected chi connectivity index (χ2v) is 4.70. The fourth-order valence-electron chi connectivity index (χ4n) is 1.79. The third-order valence-corrected chi connectivity index (χ3v) is 2.67. The molecule has 7 heteroatoms. The molecule has 0 amide bonds. The smallest absolute Gasteiger partial charge is 0.423 e. The molecule has 0 saturated carbocycles. The van der Waals surface area contributed by atoms with Crippen molar-refractivity contribution in [1.29, 1.82) is 0 Å². The SMILES string of the molecule is CC1(C)C=Cc2cc([N+](=O)[O-])c(C(F)(F)F)cc2O1. The van der Waals surface area contributed by atoms with E-state index in [4.69, 9.17) is 4.74 Å². The van der Waals surface area contributed by atoms with E-state index in [0.29, 0.717) is 6.07 Å². The average Bonchev–Trinajstić information content (AvgIpc) is 2.24. The first kappa shape index (κ1) is 13.4. The van der Waals surface area contributed by atoms with Crippen LogP contribution < -0.4 is 4.74 Å². The first-order valence-electron chi connectivity index (χ1n) is 5.38. The number of fused-ring (bicyclic) bond motifs is 1. The summed E-state index contributed by atoms with van der Waals surface area (Å²) in [4.78, 5) is 9.68. The molecule has 0 bridgehead atoms. The third kappa shape index (κ3) is 2.54. The molecule has 0 fully saturated rings. The van der Waals surface area contributed by atoms with E-state index in [2.05, 4.69) is 0 Å². The highest BCUT2D eigenvalue weighted by Gasteiger charge is 2.40. The summed E-state index contributed by atoms with van der Waals surface area (Å²) in [5.74, 6) is -0.00887. The van der Waals surface area contributed by atoms with Crippen LogP contribution in [0.5, 0.6) is 5.75 Å². The number of benzene rings is 1. The van der Waals surface area contributed by atoms with Crippen LogP contribution in [0.25, 0.3) is 6.08 Å². The first-order chi connectivity index (χ1) is 8.60. The highest BCUT2D eigenvalue weighted by molar-refractivity contribution is 5.66. The van der Waals surface area contributed by atoms with Crippen LogP contribution in [-0.4, -0.2) is 10.5 Å². The van der Waals surface area contributed by atoms with Gasteiger partial charge >= 0.3 is 6.18 Å². The molecule has 0 aliphatic carbocycles. The van der Waals surface area contributed by atoms with Crippen molar-refractivity contribution in [3.05, 3.63) is 39.4 Å².